The summed E-state index contributed by atoms with van der Waals surface area (Å²) >= 11 is 0. The predicted octanol–water partition coefficient (Wildman–Crippen LogP) is 7.44. The van der Waals surface area contributed by atoms with Gasteiger partial charge in [-0.15, -0.1) is 0 Å². The SMILES string of the molecule is CCCCc1ccc(C(F)(F)Oc2ccc(C(F)(F)Oc3cc(F)c(C#N)c(F)c3)cc2)cc1. The average Bonchev–Trinajstić information content (AvgIpc) is 2.77. The van der Waals surface area contributed by atoms with E-state index in [2.05, 4.69) is 4.74 Å². The maximum absolute atomic E-state index is 14.5. The topological polar surface area (TPSA) is 42.2 Å². The van der Waals surface area contributed by atoms with Crippen LogP contribution in [0.3, 0.4) is 0 Å². The maximum Gasteiger partial charge on any atom is 0.426 e. The number of benzene rings is 3. The van der Waals surface area contributed by atoms with Gasteiger partial charge in [0.25, 0.3) is 0 Å². The fourth-order valence-electron chi connectivity index (χ4n) is 3.09. The summed E-state index contributed by atoms with van der Waals surface area (Å²) in [4.78, 5) is 0. The van der Waals surface area contributed by atoms with Crippen molar-refractivity contribution >= 4 is 0 Å². The third-order valence-corrected chi connectivity index (χ3v) is 4.92. The van der Waals surface area contributed by atoms with Crippen molar-refractivity contribution in [3.8, 4) is 17.6 Å². The van der Waals surface area contributed by atoms with Gasteiger partial charge < -0.3 is 9.47 Å². The lowest BCUT2D eigenvalue weighted by Crippen LogP contribution is -2.23. The van der Waals surface area contributed by atoms with Crippen LogP contribution >= 0.6 is 0 Å². The van der Waals surface area contributed by atoms with Crippen LogP contribution in [-0.2, 0) is 18.6 Å². The van der Waals surface area contributed by atoms with Crippen LogP contribution in [0.25, 0.3) is 0 Å². The molecular weight excluding hydrogens is 460 g/mol. The van der Waals surface area contributed by atoms with Gasteiger partial charge in [0.1, 0.15) is 34.8 Å². The zero-order valence-electron chi connectivity index (χ0n) is 17.9. The molecule has 0 radical (unpaired) electrons. The number of hydrogen-bond donors (Lipinski definition) is 0. The molecular formula is C25H19F6NO2. The van der Waals surface area contributed by atoms with E-state index >= 15 is 0 Å². The molecule has 178 valence electrons. The second kappa shape index (κ2) is 10.1. The first-order chi connectivity index (χ1) is 16.1. The quantitative estimate of drug-likeness (QED) is 0.300. The number of hydrogen-bond acceptors (Lipinski definition) is 3. The van der Waals surface area contributed by atoms with E-state index in [0.717, 1.165) is 49.1 Å². The van der Waals surface area contributed by atoms with E-state index in [0.29, 0.717) is 12.1 Å². The highest BCUT2D eigenvalue weighted by Crippen LogP contribution is 2.36. The largest absolute Gasteiger partial charge is 0.429 e. The first-order valence-corrected chi connectivity index (χ1v) is 10.3. The molecule has 3 rings (SSSR count). The molecule has 0 aliphatic rings. The van der Waals surface area contributed by atoms with Crippen molar-refractivity contribution in [1.29, 1.82) is 5.26 Å². The standard InChI is InChI=1S/C25H19F6NO2/c1-2-3-4-16-5-7-17(8-6-16)24(28,29)33-19-11-9-18(10-12-19)25(30,31)34-20-13-22(26)21(15-32)23(27)14-20/h5-14H,2-4H2,1H3. The fourth-order valence-corrected chi connectivity index (χ4v) is 3.09. The number of aryl methyl sites for hydroxylation is 1. The van der Waals surface area contributed by atoms with Crippen LogP contribution in [0.15, 0.2) is 60.7 Å². The number of rotatable bonds is 9. The van der Waals surface area contributed by atoms with Crippen molar-refractivity contribution in [2.45, 2.75) is 38.4 Å². The Labute approximate surface area is 192 Å². The molecule has 0 bridgehead atoms. The summed E-state index contributed by atoms with van der Waals surface area (Å²) in [6.07, 6.45) is -5.09. The Bertz CT molecular complexity index is 1150. The highest BCUT2D eigenvalue weighted by molar-refractivity contribution is 5.38. The second-order valence-corrected chi connectivity index (χ2v) is 7.44. The predicted molar refractivity (Wildman–Crippen MR) is 112 cm³/mol. The van der Waals surface area contributed by atoms with E-state index in [4.69, 9.17) is 10.00 Å². The summed E-state index contributed by atoms with van der Waals surface area (Å²) in [7, 11) is 0. The fraction of sp³-hybridized carbons (Fsp3) is 0.240. The second-order valence-electron chi connectivity index (χ2n) is 7.44. The molecule has 0 heterocycles. The van der Waals surface area contributed by atoms with E-state index in [1.165, 1.54) is 18.2 Å². The van der Waals surface area contributed by atoms with Gasteiger partial charge in [-0.3, -0.25) is 0 Å². The van der Waals surface area contributed by atoms with Gasteiger partial charge in [0.05, 0.1) is 11.1 Å². The van der Waals surface area contributed by atoms with Gasteiger partial charge in [-0.2, -0.15) is 22.8 Å². The molecule has 0 spiro atoms. The lowest BCUT2D eigenvalue weighted by molar-refractivity contribution is -0.187. The molecule has 0 amide bonds. The van der Waals surface area contributed by atoms with E-state index in [1.807, 2.05) is 6.92 Å². The van der Waals surface area contributed by atoms with E-state index < -0.39 is 46.3 Å². The van der Waals surface area contributed by atoms with Crippen molar-refractivity contribution in [2.75, 3.05) is 0 Å². The molecule has 0 aromatic heterocycles. The van der Waals surface area contributed by atoms with Crippen LogP contribution < -0.4 is 9.47 Å². The van der Waals surface area contributed by atoms with E-state index in [9.17, 15) is 26.3 Å². The number of alkyl halides is 4. The normalized spacial score (nSPS) is 11.7. The Morgan fingerprint density at radius 3 is 1.71 bits per heavy atom. The molecule has 3 aromatic carbocycles. The van der Waals surface area contributed by atoms with E-state index in [1.54, 1.807) is 12.1 Å². The highest BCUT2D eigenvalue weighted by atomic mass is 19.3. The number of unbranched alkanes of at least 4 members (excludes halogenated alkanes) is 1. The molecule has 0 saturated heterocycles. The van der Waals surface area contributed by atoms with Crippen LogP contribution in [-0.4, -0.2) is 0 Å². The Balaban J connectivity index is 1.72. The summed E-state index contributed by atoms with van der Waals surface area (Å²) < 4.78 is 94.2. The van der Waals surface area contributed by atoms with Crippen molar-refractivity contribution in [3.05, 3.63) is 94.6 Å². The van der Waals surface area contributed by atoms with Crippen molar-refractivity contribution < 1.29 is 35.8 Å². The molecule has 3 aromatic rings. The van der Waals surface area contributed by atoms with Crippen LogP contribution in [0.5, 0.6) is 11.5 Å². The van der Waals surface area contributed by atoms with Gasteiger partial charge in [-0.1, -0.05) is 25.5 Å². The molecule has 0 N–H and O–H groups in total. The number of halogens is 6. The van der Waals surface area contributed by atoms with Crippen molar-refractivity contribution in [1.82, 2.24) is 0 Å². The summed E-state index contributed by atoms with van der Waals surface area (Å²) in [6, 6.07) is 11.2. The highest BCUT2D eigenvalue weighted by Gasteiger charge is 2.37. The molecule has 3 nitrogen and oxygen atoms in total. The Hall–Kier alpha value is -3.67. The third kappa shape index (κ3) is 5.81. The third-order valence-electron chi connectivity index (χ3n) is 4.92. The summed E-state index contributed by atoms with van der Waals surface area (Å²) in [5, 5.41) is 8.64. The number of nitriles is 1. The lowest BCUT2D eigenvalue weighted by atomic mass is 10.1. The lowest BCUT2D eigenvalue weighted by Gasteiger charge is -2.21. The zero-order chi connectivity index (χ0) is 24.9. The first-order valence-electron chi connectivity index (χ1n) is 10.3. The van der Waals surface area contributed by atoms with Crippen LogP contribution in [0.1, 0.15) is 42.0 Å². The summed E-state index contributed by atoms with van der Waals surface area (Å²) in [6.45, 7) is 2.02. The van der Waals surface area contributed by atoms with Gasteiger partial charge in [0, 0.05) is 12.1 Å². The monoisotopic (exact) mass is 479 g/mol. The smallest absolute Gasteiger partial charge is 0.426 e. The Kier molecular flexibility index (Phi) is 7.40. The van der Waals surface area contributed by atoms with Crippen LogP contribution in [0.2, 0.25) is 0 Å². The average molecular weight is 479 g/mol. The molecule has 0 aliphatic carbocycles. The summed E-state index contributed by atoms with van der Waals surface area (Å²) in [5.74, 6) is -3.96. The van der Waals surface area contributed by atoms with Gasteiger partial charge in [0.15, 0.2) is 0 Å². The number of ether oxygens (including phenoxy) is 2. The minimum absolute atomic E-state index is 0.380. The van der Waals surface area contributed by atoms with Gasteiger partial charge in [-0.25, -0.2) is 8.78 Å². The molecule has 0 unspecified atom stereocenters. The van der Waals surface area contributed by atoms with Crippen molar-refractivity contribution in [2.24, 2.45) is 0 Å². The van der Waals surface area contributed by atoms with Gasteiger partial charge in [-0.05, 0) is 54.8 Å². The van der Waals surface area contributed by atoms with Gasteiger partial charge in [0.2, 0.25) is 0 Å². The summed E-state index contributed by atoms with van der Waals surface area (Å²) in [5.41, 5.74) is -1.19. The Morgan fingerprint density at radius 1 is 0.765 bits per heavy atom. The van der Waals surface area contributed by atoms with Crippen molar-refractivity contribution in [3.63, 3.8) is 0 Å². The zero-order valence-corrected chi connectivity index (χ0v) is 17.9. The van der Waals surface area contributed by atoms with Gasteiger partial charge >= 0.3 is 12.2 Å². The van der Waals surface area contributed by atoms with E-state index in [-0.39, 0.29) is 5.75 Å². The Morgan fingerprint density at radius 2 is 1.24 bits per heavy atom. The molecule has 0 aliphatic heterocycles. The maximum atomic E-state index is 14.5. The molecule has 0 fully saturated rings. The van der Waals surface area contributed by atoms with Crippen LogP contribution in [0, 0.1) is 23.0 Å². The molecule has 0 saturated carbocycles. The van der Waals surface area contributed by atoms with Crippen LogP contribution in [0.4, 0.5) is 26.3 Å². The first kappa shape index (κ1) is 25.0. The number of nitrogens with zero attached hydrogens (tertiary/aromatic N) is 1. The molecule has 34 heavy (non-hydrogen) atoms. The minimum atomic E-state index is -4.05. The molecule has 0 atom stereocenters. The molecule has 9 heteroatoms. The minimum Gasteiger partial charge on any atom is -0.429 e.